The third kappa shape index (κ3) is 6.59. The summed E-state index contributed by atoms with van der Waals surface area (Å²) in [5, 5.41) is 3.20. The molecular weight excluding hydrogens is 260 g/mol. The van der Waals surface area contributed by atoms with Gasteiger partial charge in [0.25, 0.3) is 0 Å². The second-order valence-electron chi connectivity index (χ2n) is 4.58. The molecule has 0 aliphatic heterocycles. The summed E-state index contributed by atoms with van der Waals surface area (Å²) in [5.41, 5.74) is 1.78. The van der Waals surface area contributed by atoms with Gasteiger partial charge in [-0.25, -0.2) is 8.42 Å². The number of nitrogens with one attached hydrogen (secondary N) is 2. The zero-order valence-electron chi connectivity index (χ0n) is 11.8. The van der Waals surface area contributed by atoms with E-state index in [0.717, 1.165) is 31.5 Å². The van der Waals surface area contributed by atoms with Gasteiger partial charge < -0.3 is 5.32 Å². The lowest BCUT2D eigenvalue weighted by Gasteiger charge is -2.09. The van der Waals surface area contributed by atoms with Gasteiger partial charge in [-0.3, -0.25) is 4.72 Å². The van der Waals surface area contributed by atoms with E-state index in [1.165, 1.54) is 0 Å². The first-order valence-electron chi connectivity index (χ1n) is 6.87. The van der Waals surface area contributed by atoms with Gasteiger partial charge in [-0.15, -0.1) is 0 Å². The molecule has 0 spiro atoms. The van der Waals surface area contributed by atoms with Crippen LogP contribution in [0.2, 0.25) is 0 Å². The van der Waals surface area contributed by atoms with E-state index >= 15 is 0 Å². The summed E-state index contributed by atoms with van der Waals surface area (Å²) in [6.07, 6.45) is 2.59. The molecule has 19 heavy (non-hydrogen) atoms. The Kier molecular flexibility index (Phi) is 6.87. The molecule has 108 valence electrons. The molecule has 4 nitrogen and oxygen atoms in total. The van der Waals surface area contributed by atoms with Crippen molar-refractivity contribution < 1.29 is 8.42 Å². The van der Waals surface area contributed by atoms with E-state index in [-0.39, 0.29) is 5.75 Å². The van der Waals surface area contributed by atoms with Crippen molar-refractivity contribution in [1.82, 2.24) is 5.32 Å². The molecule has 0 saturated carbocycles. The normalized spacial score (nSPS) is 11.5. The second kappa shape index (κ2) is 8.17. The van der Waals surface area contributed by atoms with Crippen molar-refractivity contribution in [2.24, 2.45) is 0 Å². The molecule has 0 unspecified atom stereocenters. The van der Waals surface area contributed by atoms with Gasteiger partial charge in [0, 0.05) is 5.69 Å². The molecular formula is C14H24N2O2S. The van der Waals surface area contributed by atoms with E-state index in [4.69, 9.17) is 0 Å². The van der Waals surface area contributed by atoms with Gasteiger partial charge in [-0.1, -0.05) is 26.0 Å². The van der Waals surface area contributed by atoms with Crippen LogP contribution in [0.15, 0.2) is 24.3 Å². The Bertz CT molecular complexity index is 472. The summed E-state index contributed by atoms with van der Waals surface area (Å²) < 4.78 is 26.4. The lowest BCUT2D eigenvalue weighted by atomic mass is 10.1. The number of hydrogen-bond donors (Lipinski definition) is 2. The Hall–Kier alpha value is -1.07. The van der Waals surface area contributed by atoms with Crippen molar-refractivity contribution in [1.29, 1.82) is 0 Å². The minimum Gasteiger partial charge on any atom is -0.317 e. The predicted molar refractivity (Wildman–Crippen MR) is 81.0 cm³/mol. The van der Waals surface area contributed by atoms with E-state index in [2.05, 4.69) is 17.0 Å². The number of hydrogen-bond acceptors (Lipinski definition) is 3. The number of sulfonamides is 1. The second-order valence-corrected chi connectivity index (χ2v) is 6.42. The first-order valence-corrected chi connectivity index (χ1v) is 8.52. The van der Waals surface area contributed by atoms with E-state index in [0.29, 0.717) is 12.1 Å². The lowest BCUT2D eigenvalue weighted by Crippen LogP contribution is -2.22. The molecule has 5 heteroatoms. The van der Waals surface area contributed by atoms with Gasteiger partial charge in [0.15, 0.2) is 0 Å². The number of rotatable bonds is 9. The molecule has 0 heterocycles. The highest BCUT2D eigenvalue weighted by molar-refractivity contribution is 7.92. The highest BCUT2D eigenvalue weighted by atomic mass is 32.2. The molecule has 2 N–H and O–H groups in total. The molecule has 1 aromatic rings. The molecule has 1 rings (SSSR count). The zero-order valence-corrected chi connectivity index (χ0v) is 12.6. The molecule has 0 aliphatic rings. The maximum absolute atomic E-state index is 11.9. The molecule has 0 amide bonds. The SMILES string of the molecule is CCCNCCCS(=O)(=O)Nc1cccc(CC)c1. The fraction of sp³-hybridized carbons (Fsp3) is 0.571. The maximum Gasteiger partial charge on any atom is 0.232 e. The van der Waals surface area contributed by atoms with Crippen LogP contribution in [0.5, 0.6) is 0 Å². The summed E-state index contributed by atoms with van der Waals surface area (Å²) in [4.78, 5) is 0. The van der Waals surface area contributed by atoms with Crippen LogP contribution in [-0.4, -0.2) is 27.3 Å². The minimum absolute atomic E-state index is 0.153. The Morgan fingerprint density at radius 3 is 2.63 bits per heavy atom. The van der Waals surface area contributed by atoms with Crippen LogP contribution in [0.25, 0.3) is 0 Å². The Labute approximate surface area is 116 Å². The summed E-state index contributed by atoms with van der Waals surface area (Å²) in [6, 6.07) is 7.53. The van der Waals surface area contributed by atoms with Crippen LogP contribution in [0.1, 0.15) is 32.3 Å². The molecule has 0 radical (unpaired) electrons. The maximum atomic E-state index is 11.9. The Morgan fingerprint density at radius 2 is 1.95 bits per heavy atom. The van der Waals surface area contributed by atoms with Gasteiger partial charge in [-0.2, -0.15) is 0 Å². The number of aryl methyl sites for hydroxylation is 1. The summed E-state index contributed by atoms with van der Waals surface area (Å²) in [6.45, 7) is 5.81. The van der Waals surface area contributed by atoms with E-state index in [9.17, 15) is 8.42 Å². The van der Waals surface area contributed by atoms with Crippen LogP contribution in [0.4, 0.5) is 5.69 Å². The highest BCUT2D eigenvalue weighted by Gasteiger charge is 2.09. The smallest absolute Gasteiger partial charge is 0.232 e. The Morgan fingerprint density at radius 1 is 1.16 bits per heavy atom. The first kappa shape index (κ1) is 16.0. The largest absolute Gasteiger partial charge is 0.317 e. The topological polar surface area (TPSA) is 58.2 Å². The van der Waals surface area contributed by atoms with E-state index in [1.54, 1.807) is 6.07 Å². The van der Waals surface area contributed by atoms with Crippen molar-refractivity contribution in [3.8, 4) is 0 Å². The van der Waals surface area contributed by atoms with Gasteiger partial charge in [0.05, 0.1) is 5.75 Å². The van der Waals surface area contributed by atoms with Crippen molar-refractivity contribution in [3.05, 3.63) is 29.8 Å². The van der Waals surface area contributed by atoms with Crippen molar-refractivity contribution in [3.63, 3.8) is 0 Å². The van der Waals surface area contributed by atoms with Crippen LogP contribution < -0.4 is 10.0 Å². The summed E-state index contributed by atoms with van der Waals surface area (Å²) in [5.74, 6) is 0.153. The van der Waals surface area contributed by atoms with Crippen LogP contribution in [0.3, 0.4) is 0 Å². The molecule has 0 aromatic heterocycles. The molecule has 0 saturated heterocycles. The molecule has 1 aromatic carbocycles. The molecule has 0 bridgehead atoms. The van der Waals surface area contributed by atoms with Crippen molar-refractivity contribution in [2.45, 2.75) is 33.1 Å². The third-order valence-corrected chi connectivity index (χ3v) is 4.17. The van der Waals surface area contributed by atoms with E-state index in [1.807, 2.05) is 25.1 Å². The van der Waals surface area contributed by atoms with Crippen molar-refractivity contribution in [2.75, 3.05) is 23.6 Å². The van der Waals surface area contributed by atoms with Gasteiger partial charge >= 0.3 is 0 Å². The van der Waals surface area contributed by atoms with Crippen molar-refractivity contribution >= 4 is 15.7 Å². The van der Waals surface area contributed by atoms with E-state index < -0.39 is 10.0 Å². The fourth-order valence-electron chi connectivity index (χ4n) is 1.77. The van der Waals surface area contributed by atoms with Gasteiger partial charge in [0.1, 0.15) is 0 Å². The highest BCUT2D eigenvalue weighted by Crippen LogP contribution is 2.13. The zero-order chi connectivity index (χ0) is 14.1. The van der Waals surface area contributed by atoms with Crippen LogP contribution >= 0.6 is 0 Å². The quantitative estimate of drug-likeness (QED) is 0.685. The average molecular weight is 284 g/mol. The minimum atomic E-state index is -3.24. The molecule has 0 aliphatic carbocycles. The summed E-state index contributed by atoms with van der Waals surface area (Å²) >= 11 is 0. The number of benzene rings is 1. The van der Waals surface area contributed by atoms with Crippen LogP contribution in [0, 0.1) is 0 Å². The standard InChI is InChI=1S/C14H24N2O2S/c1-3-9-15-10-6-11-19(17,18)16-14-8-5-7-13(4-2)12-14/h5,7-8,12,15-16H,3-4,6,9-11H2,1-2H3. The van der Waals surface area contributed by atoms with Gasteiger partial charge in [-0.05, 0) is 50.0 Å². The lowest BCUT2D eigenvalue weighted by molar-refractivity contribution is 0.593. The Balaban J connectivity index is 2.45. The fourth-order valence-corrected chi connectivity index (χ4v) is 2.89. The van der Waals surface area contributed by atoms with Gasteiger partial charge in [0.2, 0.25) is 10.0 Å². The van der Waals surface area contributed by atoms with Crippen LogP contribution in [-0.2, 0) is 16.4 Å². The summed E-state index contributed by atoms with van der Waals surface area (Å²) in [7, 11) is -3.24. The average Bonchev–Trinajstić information content (AvgIpc) is 2.38. The molecule has 0 atom stereocenters. The number of anilines is 1. The first-order chi connectivity index (χ1) is 9.07. The third-order valence-electron chi connectivity index (χ3n) is 2.80. The predicted octanol–water partition coefficient (Wildman–Crippen LogP) is 2.38. The monoisotopic (exact) mass is 284 g/mol. The molecule has 0 fully saturated rings.